The van der Waals surface area contributed by atoms with Crippen LogP contribution >= 0.6 is 0 Å². The second-order valence-corrected chi connectivity index (χ2v) is 4.32. The van der Waals surface area contributed by atoms with Gasteiger partial charge in [0.15, 0.2) is 0 Å². The normalized spacial score (nSPS) is 20.1. The van der Waals surface area contributed by atoms with Crippen molar-refractivity contribution < 1.29 is 9.90 Å². The molecule has 16 heavy (non-hydrogen) atoms. The summed E-state index contributed by atoms with van der Waals surface area (Å²) in [5.41, 5.74) is 1.12. The van der Waals surface area contributed by atoms with Crippen LogP contribution in [0.4, 0.5) is 5.82 Å². The number of carbonyl (C=O) groups is 1. The molecular weight excluding hydrogens is 204 g/mol. The van der Waals surface area contributed by atoms with Crippen LogP contribution in [0, 0.1) is 6.92 Å². The van der Waals surface area contributed by atoms with Crippen molar-refractivity contribution in [3.8, 4) is 0 Å². The Labute approximate surface area is 94.9 Å². The summed E-state index contributed by atoms with van der Waals surface area (Å²) in [5, 5.41) is 9.23. The molecule has 1 atom stereocenters. The lowest BCUT2D eigenvalue weighted by Gasteiger charge is -2.24. The van der Waals surface area contributed by atoms with Crippen LogP contribution in [-0.4, -0.2) is 28.6 Å². The van der Waals surface area contributed by atoms with Gasteiger partial charge in [-0.25, -0.2) is 9.78 Å². The maximum atomic E-state index is 11.2. The fourth-order valence-electron chi connectivity index (χ4n) is 2.27. The molecule has 0 saturated carbocycles. The van der Waals surface area contributed by atoms with Crippen LogP contribution < -0.4 is 4.90 Å². The van der Waals surface area contributed by atoms with E-state index in [1.54, 1.807) is 12.3 Å². The molecule has 0 amide bonds. The Morgan fingerprint density at radius 1 is 1.62 bits per heavy atom. The van der Waals surface area contributed by atoms with Gasteiger partial charge in [-0.1, -0.05) is 0 Å². The summed E-state index contributed by atoms with van der Waals surface area (Å²) < 4.78 is 0. The highest BCUT2D eigenvalue weighted by molar-refractivity contribution is 5.95. The van der Waals surface area contributed by atoms with Crippen LogP contribution in [-0.2, 0) is 0 Å². The number of aromatic carboxylic acids is 1. The molecule has 1 saturated heterocycles. The largest absolute Gasteiger partial charge is 0.478 e. The van der Waals surface area contributed by atoms with Gasteiger partial charge in [0.05, 0.1) is 0 Å². The lowest BCUT2D eigenvalue weighted by Crippen LogP contribution is -2.29. The molecule has 2 heterocycles. The van der Waals surface area contributed by atoms with E-state index in [1.165, 1.54) is 0 Å². The van der Waals surface area contributed by atoms with Crippen LogP contribution in [0.3, 0.4) is 0 Å². The van der Waals surface area contributed by atoms with Crippen molar-refractivity contribution in [3.05, 3.63) is 23.4 Å². The van der Waals surface area contributed by atoms with Gasteiger partial charge in [-0.2, -0.15) is 0 Å². The Kier molecular flexibility index (Phi) is 2.81. The smallest absolute Gasteiger partial charge is 0.339 e. The lowest BCUT2D eigenvalue weighted by atomic mass is 10.1. The van der Waals surface area contributed by atoms with Gasteiger partial charge in [-0.15, -0.1) is 0 Å². The number of aromatic nitrogens is 1. The van der Waals surface area contributed by atoms with E-state index in [9.17, 15) is 9.90 Å². The summed E-state index contributed by atoms with van der Waals surface area (Å²) in [5.74, 6) is -0.266. The van der Waals surface area contributed by atoms with Crippen molar-refractivity contribution in [2.75, 3.05) is 11.4 Å². The Morgan fingerprint density at radius 2 is 2.38 bits per heavy atom. The Balaban J connectivity index is 2.47. The van der Waals surface area contributed by atoms with Gasteiger partial charge >= 0.3 is 5.97 Å². The first-order chi connectivity index (χ1) is 7.61. The maximum Gasteiger partial charge on any atom is 0.339 e. The summed E-state index contributed by atoms with van der Waals surface area (Å²) in [7, 11) is 0. The van der Waals surface area contributed by atoms with Gasteiger partial charge in [-0.05, 0) is 38.3 Å². The summed E-state index contributed by atoms with van der Waals surface area (Å²) >= 11 is 0. The molecule has 0 aliphatic carbocycles. The van der Waals surface area contributed by atoms with E-state index in [4.69, 9.17) is 0 Å². The zero-order chi connectivity index (χ0) is 11.7. The molecule has 0 bridgehead atoms. The van der Waals surface area contributed by atoms with Crippen LogP contribution in [0.1, 0.15) is 35.7 Å². The molecule has 1 unspecified atom stereocenters. The molecule has 1 aliphatic rings. The number of nitrogens with zero attached hydrogens (tertiary/aromatic N) is 2. The predicted octanol–water partition coefficient (Wildman–Crippen LogP) is 2.08. The third-order valence-corrected chi connectivity index (χ3v) is 3.18. The van der Waals surface area contributed by atoms with Gasteiger partial charge in [0.2, 0.25) is 0 Å². The molecule has 0 spiro atoms. The Hall–Kier alpha value is -1.58. The second kappa shape index (κ2) is 4.12. The molecule has 1 aliphatic heterocycles. The minimum atomic E-state index is -0.889. The van der Waals surface area contributed by atoms with Crippen LogP contribution in [0.2, 0.25) is 0 Å². The molecule has 1 N–H and O–H groups in total. The molecule has 4 heteroatoms. The predicted molar refractivity (Wildman–Crippen MR) is 62.0 cm³/mol. The van der Waals surface area contributed by atoms with Gasteiger partial charge in [0, 0.05) is 18.8 Å². The van der Waals surface area contributed by atoms with E-state index < -0.39 is 5.97 Å². The fourth-order valence-corrected chi connectivity index (χ4v) is 2.27. The standard InChI is InChI=1S/C12H16N2O2/c1-8-5-6-13-11(10(8)12(15)16)14-7-3-4-9(14)2/h5-6,9H,3-4,7H2,1-2H3,(H,15,16). The molecule has 1 fully saturated rings. The zero-order valence-electron chi connectivity index (χ0n) is 9.60. The van der Waals surface area contributed by atoms with E-state index >= 15 is 0 Å². The van der Waals surface area contributed by atoms with Gasteiger partial charge in [0.25, 0.3) is 0 Å². The van der Waals surface area contributed by atoms with E-state index in [0.717, 1.165) is 24.9 Å². The Bertz CT molecular complexity index is 417. The molecule has 1 aromatic heterocycles. The highest BCUT2D eigenvalue weighted by Gasteiger charge is 2.26. The summed E-state index contributed by atoms with van der Waals surface area (Å²) in [6, 6.07) is 2.13. The van der Waals surface area contributed by atoms with Crippen molar-refractivity contribution in [1.29, 1.82) is 0 Å². The number of carboxylic acids is 1. The number of carboxylic acid groups (broad SMARTS) is 1. The number of rotatable bonds is 2. The van der Waals surface area contributed by atoms with E-state index in [1.807, 2.05) is 6.92 Å². The lowest BCUT2D eigenvalue weighted by molar-refractivity contribution is 0.0696. The van der Waals surface area contributed by atoms with Crippen LogP contribution in [0.25, 0.3) is 0 Å². The maximum absolute atomic E-state index is 11.2. The molecule has 4 nitrogen and oxygen atoms in total. The van der Waals surface area contributed by atoms with Crippen molar-refractivity contribution >= 4 is 11.8 Å². The quantitative estimate of drug-likeness (QED) is 0.829. The highest BCUT2D eigenvalue weighted by Crippen LogP contribution is 2.28. The minimum absolute atomic E-state index is 0.344. The first-order valence-corrected chi connectivity index (χ1v) is 5.57. The van der Waals surface area contributed by atoms with Crippen molar-refractivity contribution in [2.45, 2.75) is 32.7 Å². The second-order valence-electron chi connectivity index (χ2n) is 4.32. The van der Waals surface area contributed by atoms with E-state index in [-0.39, 0.29) is 0 Å². The van der Waals surface area contributed by atoms with Crippen molar-refractivity contribution in [3.63, 3.8) is 0 Å². The monoisotopic (exact) mass is 220 g/mol. The molecule has 0 aromatic carbocycles. The minimum Gasteiger partial charge on any atom is -0.478 e. The number of pyridine rings is 1. The van der Waals surface area contributed by atoms with Gasteiger partial charge in [-0.3, -0.25) is 0 Å². The average Bonchev–Trinajstić information content (AvgIpc) is 2.63. The van der Waals surface area contributed by atoms with Crippen LogP contribution in [0.15, 0.2) is 12.3 Å². The van der Waals surface area contributed by atoms with E-state index in [0.29, 0.717) is 17.4 Å². The third kappa shape index (κ3) is 1.75. The number of anilines is 1. The fraction of sp³-hybridized carbons (Fsp3) is 0.500. The van der Waals surface area contributed by atoms with E-state index in [2.05, 4.69) is 16.8 Å². The van der Waals surface area contributed by atoms with Gasteiger partial charge < -0.3 is 10.0 Å². The molecule has 0 radical (unpaired) electrons. The summed E-state index contributed by atoms with van der Waals surface area (Å²) in [4.78, 5) is 17.6. The topological polar surface area (TPSA) is 53.4 Å². The molecule has 86 valence electrons. The first-order valence-electron chi connectivity index (χ1n) is 5.57. The summed E-state index contributed by atoms with van der Waals surface area (Å²) in [6.07, 6.45) is 3.90. The molecular formula is C12H16N2O2. The van der Waals surface area contributed by atoms with Crippen molar-refractivity contribution in [2.24, 2.45) is 0 Å². The number of hydrogen-bond donors (Lipinski definition) is 1. The van der Waals surface area contributed by atoms with Crippen molar-refractivity contribution in [1.82, 2.24) is 4.98 Å². The van der Waals surface area contributed by atoms with Gasteiger partial charge in [0.1, 0.15) is 11.4 Å². The number of hydrogen-bond acceptors (Lipinski definition) is 3. The van der Waals surface area contributed by atoms with Crippen LogP contribution in [0.5, 0.6) is 0 Å². The Morgan fingerprint density at radius 3 is 2.94 bits per heavy atom. The average molecular weight is 220 g/mol. The SMILES string of the molecule is Cc1ccnc(N2CCCC2C)c1C(=O)O. The number of aryl methyl sites for hydroxylation is 1. The zero-order valence-corrected chi connectivity index (χ0v) is 9.60. The summed E-state index contributed by atoms with van der Waals surface area (Å²) in [6.45, 7) is 4.83. The third-order valence-electron chi connectivity index (χ3n) is 3.18. The molecule has 2 rings (SSSR count). The first kappa shape index (κ1) is 10.9. The highest BCUT2D eigenvalue weighted by atomic mass is 16.4. The molecule has 1 aromatic rings.